The summed E-state index contributed by atoms with van der Waals surface area (Å²) in [7, 11) is 0. The maximum Gasteiger partial charge on any atom is 0.333 e. The number of benzene rings is 1. The van der Waals surface area contributed by atoms with Crippen LogP contribution in [0.5, 0.6) is 0 Å². The van der Waals surface area contributed by atoms with E-state index in [0.29, 0.717) is 12.2 Å². The Labute approximate surface area is 129 Å². The summed E-state index contributed by atoms with van der Waals surface area (Å²) in [6.07, 6.45) is 1.62. The molecule has 0 N–H and O–H groups in total. The van der Waals surface area contributed by atoms with E-state index in [9.17, 15) is 9.59 Å². The van der Waals surface area contributed by atoms with Crippen LogP contribution in [-0.2, 0) is 18.0 Å². The molecule has 5 nitrogen and oxygen atoms in total. The Morgan fingerprint density at radius 1 is 1.14 bits per heavy atom. The van der Waals surface area contributed by atoms with E-state index in [1.807, 2.05) is 51.1 Å². The summed E-state index contributed by atoms with van der Waals surface area (Å²) >= 11 is 0. The predicted octanol–water partition coefficient (Wildman–Crippen LogP) is 2.18. The lowest BCUT2D eigenvalue weighted by Crippen LogP contribution is -2.42. The minimum absolute atomic E-state index is 0.0444. The summed E-state index contributed by atoms with van der Waals surface area (Å²) in [5.74, 6) is 0.0444. The largest absolute Gasteiger partial charge is 0.361 e. The highest BCUT2D eigenvalue weighted by Crippen LogP contribution is 2.08. The van der Waals surface area contributed by atoms with Crippen LogP contribution in [0.25, 0.3) is 0 Å². The lowest BCUT2D eigenvalue weighted by Gasteiger charge is -2.14. The van der Waals surface area contributed by atoms with Crippen LogP contribution in [0.15, 0.2) is 46.1 Å². The molecule has 0 fully saturated rings. The molecule has 0 unspecified atom stereocenters. The second-order valence-corrected chi connectivity index (χ2v) is 5.49. The fourth-order valence-corrected chi connectivity index (χ4v) is 2.26. The molecule has 5 heteroatoms. The van der Waals surface area contributed by atoms with Gasteiger partial charge in [-0.2, -0.15) is 0 Å². The Hall–Kier alpha value is -2.14. The minimum atomic E-state index is -0.341. The fourth-order valence-electron chi connectivity index (χ4n) is 2.26. The molecule has 0 radical (unpaired) electrons. The van der Waals surface area contributed by atoms with Gasteiger partial charge >= 0.3 is 5.69 Å². The van der Waals surface area contributed by atoms with E-state index in [1.54, 1.807) is 6.20 Å². The summed E-state index contributed by atoms with van der Waals surface area (Å²) in [6.45, 7) is 6.70. The first-order chi connectivity index (χ1) is 10.5. The lowest BCUT2D eigenvalue weighted by atomic mass is 10.1. The normalized spacial score (nSPS) is 11.1. The van der Waals surface area contributed by atoms with Crippen LogP contribution in [0.3, 0.4) is 0 Å². The third-order valence-corrected chi connectivity index (χ3v) is 3.50. The first-order valence-electron chi connectivity index (χ1n) is 7.50. The maximum atomic E-state index is 12.6. The molecule has 0 spiro atoms. The van der Waals surface area contributed by atoms with Crippen molar-refractivity contribution in [2.24, 2.45) is 0 Å². The van der Waals surface area contributed by atoms with Gasteiger partial charge in [-0.15, -0.1) is 0 Å². The Morgan fingerprint density at radius 2 is 1.82 bits per heavy atom. The number of hydrogen-bond donors (Lipinski definition) is 0. The number of aromatic nitrogens is 2. The van der Waals surface area contributed by atoms with E-state index in [4.69, 9.17) is 4.74 Å². The first-order valence-corrected chi connectivity index (χ1v) is 7.50. The average molecular weight is 302 g/mol. The summed E-state index contributed by atoms with van der Waals surface area (Å²) < 4.78 is 8.07. The third kappa shape index (κ3) is 3.54. The molecule has 0 aliphatic heterocycles. The van der Waals surface area contributed by atoms with Crippen molar-refractivity contribution in [3.8, 4) is 0 Å². The molecule has 0 saturated carbocycles. The smallest absolute Gasteiger partial charge is 0.333 e. The summed E-state index contributed by atoms with van der Waals surface area (Å²) in [5.41, 5.74) is 0.976. The highest BCUT2D eigenvalue weighted by Gasteiger charge is 2.14. The highest BCUT2D eigenvalue weighted by atomic mass is 16.5. The van der Waals surface area contributed by atoms with Gasteiger partial charge in [0.1, 0.15) is 6.73 Å². The van der Waals surface area contributed by atoms with Crippen LogP contribution in [0, 0.1) is 0 Å². The van der Waals surface area contributed by atoms with Crippen molar-refractivity contribution in [3.05, 3.63) is 68.5 Å². The molecule has 0 saturated heterocycles. The number of rotatable bonds is 6. The van der Waals surface area contributed by atoms with E-state index in [1.165, 1.54) is 9.13 Å². The van der Waals surface area contributed by atoms with Crippen molar-refractivity contribution in [3.63, 3.8) is 0 Å². The molecule has 0 aliphatic carbocycles. The average Bonchev–Trinajstić information content (AvgIpc) is 2.51. The van der Waals surface area contributed by atoms with Gasteiger partial charge < -0.3 is 4.74 Å². The molecule has 1 aromatic carbocycles. The summed E-state index contributed by atoms with van der Waals surface area (Å²) in [6, 6.07) is 9.50. The van der Waals surface area contributed by atoms with Crippen molar-refractivity contribution in [2.45, 2.75) is 40.0 Å². The van der Waals surface area contributed by atoms with Crippen molar-refractivity contribution >= 4 is 0 Å². The molecule has 1 aromatic heterocycles. The fraction of sp³-hybridized carbons (Fsp3) is 0.412. The quantitative estimate of drug-likeness (QED) is 0.822. The predicted molar refractivity (Wildman–Crippen MR) is 86.2 cm³/mol. The highest BCUT2D eigenvalue weighted by molar-refractivity contribution is 5.17. The molecule has 2 rings (SSSR count). The molecule has 22 heavy (non-hydrogen) atoms. The minimum Gasteiger partial charge on any atom is -0.361 e. The molecule has 0 atom stereocenters. The van der Waals surface area contributed by atoms with E-state index in [-0.39, 0.29) is 30.4 Å². The molecule has 1 heterocycles. The number of nitrogens with zero attached hydrogens (tertiary/aromatic N) is 2. The standard InChI is InChI=1S/C17H22N2O3/c1-4-22-12-18-11-15(13(2)3)16(20)19(17(18)21)10-14-8-6-5-7-9-14/h5-9,11,13H,4,10,12H2,1-3H3. The van der Waals surface area contributed by atoms with E-state index in [0.717, 1.165) is 5.56 Å². The monoisotopic (exact) mass is 302 g/mol. The van der Waals surface area contributed by atoms with Crippen LogP contribution in [-0.4, -0.2) is 15.7 Å². The van der Waals surface area contributed by atoms with Crippen molar-refractivity contribution < 1.29 is 4.74 Å². The molecule has 2 aromatic rings. The molecule has 0 bridgehead atoms. The van der Waals surface area contributed by atoms with Crippen LogP contribution in [0.1, 0.15) is 37.8 Å². The lowest BCUT2D eigenvalue weighted by molar-refractivity contribution is 0.0829. The van der Waals surface area contributed by atoms with Gasteiger partial charge in [0.15, 0.2) is 0 Å². The van der Waals surface area contributed by atoms with E-state index >= 15 is 0 Å². The molecule has 0 aliphatic rings. The van der Waals surface area contributed by atoms with Crippen molar-refractivity contribution in [2.75, 3.05) is 6.61 Å². The second-order valence-electron chi connectivity index (χ2n) is 5.49. The van der Waals surface area contributed by atoms with Crippen LogP contribution < -0.4 is 11.2 Å². The van der Waals surface area contributed by atoms with Crippen molar-refractivity contribution in [1.82, 2.24) is 9.13 Å². The van der Waals surface area contributed by atoms with Gasteiger partial charge in [-0.05, 0) is 18.4 Å². The molecular weight excluding hydrogens is 280 g/mol. The molecule has 118 valence electrons. The SMILES string of the molecule is CCOCn1cc(C(C)C)c(=O)n(Cc2ccccc2)c1=O. The van der Waals surface area contributed by atoms with Crippen LogP contribution in [0.2, 0.25) is 0 Å². The van der Waals surface area contributed by atoms with E-state index < -0.39 is 0 Å². The number of ether oxygens (including phenoxy) is 1. The van der Waals surface area contributed by atoms with Crippen LogP contribution >= 0.6 is 0 Å². The Bertz CT molecular complexity index is 730. The van der Waals surface area contributed by atoms with Gasteiger partial charge in [0, 0.05) is 18.4 Å². The Balaban J connectivity index is 2.53. The van der Waals surface area contributed by atoms with Crippen LogP contribution in [0.4, 0.5) is 0 Å². The zero-order valence-corrected chi connectivity index (χ0v) is 13.3. The third-order valence-electron chi connectivity index (χ3n) is 3.50. The van der Waals surface area contributed by atoms with Gasteiger partial charge in [-0.1, -0.05) is 44.2 Å². The van der Waals surface area contributed by atoms with Gasteiger partial charge in [0.25, 0.3) is 5.56 Å². The summed E-state index contributed by atoms with van der Waals surface area (Å²) in [5, 5.41) is 0. The summed E-state index contributed by atoms with van der Waals surface area (Å²) in [4.78, 5) is 25.1. The second kappa shape index (κ2) is 7.22. The zero-order valence-electron chi connectivity index (χ0n) is 13.3. The zero-order chi connectivity index (χ0) is 16.1. The van der Waals surface area contributed by atoms with Gasteiger partial charge in [0.05, 0.1) is 6.54 Å². The van der Waals surface area contributed by atoms with Gasteiger partial charge in [-0.3, -0.25) is 13.9 Å². The Morgan fingerprint density at radius 3 is 2.41 bits per heavy atom. The first kappa shape index (κ1) is 16.2. The molecule has 0 amide bonds. The Kier molecular flexibility index (Phi) is 5.33. The molecular formula is C17H22N2O3. The topological polar surface area (TPSA) is 53.2 Å². The number of hydrogen-bond acceptors (Lipinski definition) is 3. The van der Waals surface area contributed by atoms with Crippen molar-refractivity contribution in [1.29, 1.82) is 0 Å². The van der Waals surface area contributed by atoms with E-state index in [2.05, 4.69) is 0 Å². The van der Waals surface area contributed by atoms with Gasteiger partial charge in [-0.25, -0.2) is 4.79 Å². The maximum absolute atomic E-state index is 12.6. The van der Waals surface area contributed by atoms with Gasteiger partial charge in [0.2, 0.25) is 0 Å².